The molecular weight excluding hydrogens is 254 g/mol. The van der Waals surface area contributed by atoms with Gasteiger partial charge in [0.05, 0.1) is 0 Å². The van der Waals surface area contributed by atoms with Crippen LogP contribution in [0.5, 0.6) is 0 Å². The molecule has 1 atom stereocenters. The lowest BCUT2D eigenvalue weighted by atomic mass is 10.2. The van der Waals surface area contributed by atoms with E-state index in [0.717, 1.165) is 13.1 Å². The van der Waals surface area contributed by atoms with E-state index in [2.05, 4.69) is 10.1 Å². The summed E-state index contributed by atoms with van der Waals surface area (Å²) in [5, 5.41) is 3.73. The second-order valence-corrected chi connectivity index (χ2v) is 6.71. The minimum atomic E-state index is -3.50. The first-order chi connectivity index (χ1) is 8.34. The minimum absolute atomic E-state index is 0.0394. The third-order valence-corrected chi connectivity index (χ3v) is 5.56. The number of aryl methyl sites for hydroxylation is 2. The summed E-state index contributed by atoms with van der Waals surface area (Å²) < 4.78 is 31.7. The van der Waals surface area contributed by atoms with Gasteiger partial charge in [0.2, 0.25) is 10.0 Å². The van der Waals surface area contributed by atoms with Gasteiger partial charge in [-0.2, -0.15) is 4.31 Å². The second kappa shape index (κ2) is 4.64. The molecule has 7 heteroatoms. The van der Waals surface area contributed by atoms with Gasteiger partial charge in [0.1, 0.15) is 10.6 Å². The van der Waals surface area contributed by atoms with E-state index in [1.807, 2.05) is 14.0 Å². The van der Waals surface area contributed by atoms with Crippen molar-refractivity contribution in [2.75, 3.05) is 26.7 Å². The normalized spacial score (nSPS) is 23.4. The highest BCUT2D eigenvalue weighted by atomic mass is 32.2. The monoisotopic (exact) mass is 273 g/mol. The molecule has 0 N–H and O–H groups in total. The Morgan fingerprint density at radius 3 is 2.50 bits per heavy atom. The number of piperazine rings is 1. The van der Waals surface area contributed by atoms with E-state index in [9.17, 15) is 8.42 Å². The summed E-state index contributed by atoms with van der Waals surface area (Å²) in [6.07, 6.45) is 0. The maximum atomic E-state index is 12.6. The van der Waals surface area contributed by atoms with Gasteiger partial charge in [-0.25, -0.2) is 8.42 Å². The summed E-state index contributed by atoms with van der Waals surface area (Å²) >= 11 is 0. The molecule has 0 spiro atoms. The second-order valence-electron chi connectivity index (χ2n) is 4.88. The number of aromatic nitrogens is 1. The van der Waals surface area contributed by atoms with E-state index in [-0.39, 0.29) is 10.9 Å². The van der Waals surface area contributed by atoms with E-state index in [1.165, 1.54) is 0 Å². The van der Waals surface area contributed by atoms with Crippen molar-refractivity contribution in [1.82, 2.24) is 14.4 Å². The Hall–Kier alpha value is -0.920. The molecule has 1 aliphatic heterocycles. The SMILES string of the molecule is Cc1noc(C)c1S(=O)(=O)N1CCN(C)CC1C. The molecule has 0 aliphatic carbocycles. The van der Waals surface area contributed by atoms with Crippen molar-refractivity contribution in [2.24, 2.45) is 0 Å². The zero-order valence-corrected chi connectivity index (χ0v) is 12.0. The summed E-state index contributed by atoms with van der Waals surface area (Å²) in [5.74, 6) is 0.360. The van der Waals surface area contributed by atoms with E-state index in [0.29, 0.717) is 18.0 Å². The largest absolute Gasteiger partial charge is 0.360 e. The van der Waals surface area contributed by atoms with Crippen LogP contribution in [0, 0.1) is 13.8 Å². The van der Waals surface area contributed by atoms with Crippen LogP contribution in [0.1, 0.15) is 18.4 Å². The van der Waals surface area contributed by atoms with Crippen molar-refractivity contribution in [1.29, 1.82) is 0 Å². The van der Waals surface area contributed by atoms with Gasteiger partial charge in [0.25, 0.3) is 0 Å². The Balaban J connectivity index is 2.38. The topological polar surface area (TPSA) is 66.7 Å². The molecule has 1 aromatic rings. The van der Waals surface area contributed by atoms with Gasteiger partial charge in [-0.15, -0.1) is 0 Å². The molecule has 2 heterocycles. The highest BCUT2D eigenvalue weighted by Gasteiger charge is 2.36. The van der Waals surface area contributed by atoms with E-state index < -0.39 is 10.0 Å². The zero-order chi connectivity index (χ0) is 13.5. The maximum Gasteiger partial charge on any atom is 0.248 e. The lowest BCUT2D eigenvalue weighted by molar-refractivity contribution is 0.170. The Morgan fingerprint density at radius 1 is 1.33 bits per heavy atom. The molecular formula is C11H19N3O3S. The van der Waals surface area contributed by atoms with Gasteiger partial charge in [-0.1, -0.05) is 5.16 Å². The first kappa shape index (κ1) is 13.5. The smallest absolute Gasteiger partial charge is 0.248 e. The van der Waals surface area contributed by atoms with Crippen LogP contribution in [0.3, 0.4) is 0 Å². The average molecular weight is 273 g/mol. The van der Waals surface area contributed by atoms with Crippen LogP contribution in [0.2, 0.25) is 0 Å². The molecule has 0 amide bonds. The van der Waals surface area contributed by atoms with Crippen LogP contribution < -0.4 is 0 Å². The van der Waals surface area contributed by atoms with Crippen molar-refractivity contribution in [3.63, 3.8) is 0 Å². The maximum absolute atomic E-state index is 12.6. The molecule has 1 saturated heterocycles. The first-order valence-corrected chi connectivity index (χ1v) is 7.41. The Bertz CT molecular complexity index is 518. The number of hydrogen-bond acceptors (Lipinski definition) is 5. The fraction of sp³-hybridized carbons (Fsp3) is 0.727. The van der Waals surface area contributed by atoms with Crippen LogP contribution >= 0.6 is 0 Å². The highest BCUT2D eigenvalue weighted by Crippen LogP contribution is 2.26. The van der Waals surface area contributed by atoms with Gasteiger partial charge in [-0.05, 0) is 27.8 Å². The predicted molar refractivity (Wildman–Crippen MR) is 66.8 cm³/mol. The van der Waals surface area contributed by atoms with Gasteiger partial charge in [-0.3, -0.25) is 0 Å². The number of sulfonamides is 1. The molecule has 1 aromatic heterocycles. The molecule has 0 bridgehead atoms. The van der Waals surface area contributed by atoms with E-state index in [4.69, 9.17) is 4.52 Å². The van der Waals surface area contributed by atoms with Gasteiger partial charge < -0.3 is 9.42 Å². The molecule has 18 heavy (non-hydrogen) atoms. The van der Waals surface area contributed by atoms with Crippen LogP contribution in [-0.4, -0.2) is 55.5 Å². The molecule has 0 aromatic carbocycles. The number of nitrogens with zero attached hydrogens (tertiary/aromatic N) is 3. The summed E-state index contributed by atoms with van der Waals surface area (Å²) in [6.45, 7) is 7.20. The fourth-order valence-corrected chi connectivity index (χ4v) is 4.35. The van der Waals surface area contributed by atoms with Gasteiger partial charge >= 0.3 is 0 Å². The number of likely N-dealkylation sites (N-methyl/N-ethyl adjacent to an activating group) is 1. The minimum Gasteiger partial charge on any atom is -0.360 e. The van der Waals surface area contributed by atoms with E-state index >= 15 is 0 Å². The first-order valence-electron chi connectivity index (χ1n) is 5.97. The third kappa shape index (κ3) is 2.17. The van der Waals surface area contributed by atoms with Gasteiger partial charge in [0.15, 0.2) is 5.76 Å². The van der Waals surface area contributed by atoms with Crippen LogP contribution in [0.25, 0.3) is 0 Å². The molecule has 2 rings (SSSR count). The lowest BCUT2D eigenvalue weighted by Gasteiger charge is -2.36. The van der Waals surface area contributed by atoms with Crippen molar-refractivity contribution in [2.45, 2.75) is 31.7 Å². The molecule has 1 fully saturated rings. The Morgan fingerprint density at radius 2 is 2.00 bits per heavy atom. The molecule has 1 unspecified atom stereocenters. The van der Waals surface area contributed by atoms with Crippen LogP contribution in [0.4, 0.5) is 0 Å². The lowest BCUT2D eigenvalue weighted by Crippen LogP contribution is -2.52. The zero-order valence-electron chi connectivity index (χ0n) is 11.2. The average Bonchev–Trinajstić information content (AvgIpc) is 2.58. The molecule has 6 nitrogen and oxygen atoms in total. The van der Waals surface area contributed by atoms with Crippen molar-refractivity contribution < 1.29 is 12.9 Å². The Labute approximate surface area is 108 Å². The predicted octanol–water partition coefficient (Wildman–Crippen LogP) is 0.616. The quantitative estimate of drug-likeness (QED) is 0.790. The molecule has 1 aliphatic rings. The summed E-state index contributed by atoms with van der Waals surface area (Å²) in [4.78, 5) is 2.35. The van der Waals surface area contributed by atoms with Crippen molar-refractivity contribution in [3.8, 4) is 0 Å². The molecule has 0 saturated carbocycles. The number of rotatable bonds is 2. The molecule has 102 valence electrons. The van der Waals surface area contributed by atoms with Gasteiger partial charge in [0, 0.05) is 25.7 Å². The highest BCUT2D eigenvalue weighted by molar-refractivity contribution is 7.89. The number of hydrogen-bond donors (Lipinski definition) is 0. The summed E-state index contributed by atoms with van der Waals surface area (Å²) in [5.41, 5.74) is 0.429. The van der Waals surface area contributed by atoms with Crippen LogP contribution in [0.15, 0.2) is 9.42 Å². The summed E-state index contributed by atoms with van der Waals surface area (Å²) in [7, 11) is -1.51. The summed E-state index contributed by atoms with van der Waals surface area (Å²) in [6, 6.07) is -0.0394. The Kier molecular flexibility index (Phi) is 3.48. The standard InChI is InChI=1S/C11H19N3O3S/c1-8-7-13(4)5-6-14(8)18(15,16)11-9(2)12-17-10(11)3/h8H,5-7H2,1-4H3. The van der Waals surface area contributed by atoms with Crippen molar-refractivity contribution >= 4 is 10.0 Å². The third-order valence-electron chi connectivity index (χ3n) is 3.30. The van der Waals surface area contributed by atoms with Crippen LogP contribution in [-0.2, 0) is 10.0 Å². The van der Waals surface area contributed by atoms with E-state index in [1.54, 1.807) is 18.2 Å². The van der Waals surface area contributed by atoms with Crippen molar-refractivity contribution in [3.05, 3.63) is 11.5 Å². The fourth-order valence-electron chi connectivity index (χ4n) is 2.44. The molecule has 0 radical (unpaired) electrons.